The topological polar surface area (TPSA) is 94.2 Å². The fourth-order valence-corrected chi connectivity index (χ4v) is 2.49. The average Bonchev–Trinajstić information content (AvgIpc) is 3.04. The lowest BCUT2D eigenvalue weighted by molar-refractivity contribution is -0.157. The van der Waals surface area contributed by atoms with E-state index in [1.54, 1.807) is 19.2 Å². The van der Waals surface area contributed by atoms with Gasteiger partial charge < -0.3 is 19.5 Å². The molecule has 25 heavy (non-hydrogen) atoms. The van der Waals surface area contributed by atoms with Crippen molar-refractivity contribution in [3.05, 3.63) is 23.8 Å². The van der Waals surface area contributed by atoms with E-state index in [0.717, 1.165) is 10.5 Å². The van der Waals surface area contributed by atoms with Crippen LogP contribution in [0.25, 0.3) is 0 Å². The molecule has 2 rings (SSSR count). The van der Waals surface area contributed by atoms with Crippen molar-refractivity contribution < 1.29 is 28.6 Å². The van der Waals surface area contributed by atoms with E-state index in [1.807, 2.05) is 6.07 Å². The van der Waals surface area contributed by atoms with Gasteiger partial charge in [-0.05, 0) is 31.0 Å². The van der Waals surface area contributed by atoms with Crippen LogP contribution in [0, 0.1) is 0 Å². The van der Waals surface area contributed by atoms with E-state index >= 15 is 0 Å². The number of hydrogen-bond donors (Lipinski definition) is 1. The van der Waals surface area contributed by atoms with Crippen molar-refractivity contribution in [2.75, 3.05) is 27.3 Å². The highest BCUT2D eigenvalue weighted by Gasteiger charge is 2.31. The number of urea groups is 1. The van der Waals surface area contributed by atoms with Crippen LogP contribution in [-0.2, 0) is 20.7 Å². The minimum Gasteiger partial charge on any atom is -0.493 e. The van der Waals surface area contributed by atoms with E-state index in [2.05, 4.69) is 5.32 Å². The third-order valence-electron chi connectivity index (χ3n) is 3.84. The van der Waals surface area contributed by atoms with Gasteiger partial charge in [0, 0.05) is 19.5 Å². The summed E-state index contributed by atoms with van der Waals surface area (Å²) in [6.45, 7) is 2.15. The van der Waals surface area contributed by atoms with Crippen LogP contribution < -0.4 is 14.8 Å². The summed E-state index contributed by atoms with van der Waals surface area (Å²) in [5.74, 6) is 0.165. The van der Waals surface area contributed by atoms with Gasteiger partial charge in [-0.2, -0.15) is 0 Å². The molecule has 1 aromatic rings. The molecule has 0 aromatic heterocycles. The summed E-state index contributed by atoms with van der Waals surface area (Å²) in [5.41, 5.74) is 0.882. The van der Waals surface area contributed by atoms with E-state index in [-0.39, 0.29) is 13.0 Å². The highest BCUT2D eigenvalue weighted by atomic mass is 16.5. The maximum absolute atomic E-state index is 12.1. The van der Waals surface area contributed by atoms with Crippen molar-refractivity contribution in [3.8, 4) is 11.5 Å². The number of nitrogens with zero attached hydrogens (tertiary/aromatic N) is 1. The number of hydrogen-bond acceptors (Lipinski definition) is 6. The Hall–Kier alpha value is -2.77. The monoisotopic (exact) mass is 350 g/mol. The minimum atomic E-state index is -0.998. The molecular formula is C17H22N2O6. The van der Waals surface area contributed by atoms with Gasteiger partial charge in [0.1, 0.15) is 0 Å². The Morgan fingerprint density at radius 3 is 2.56 bits per heavy atom. The third kappa shape index (κ3) is 4.62. The van der Waals surface area contributed by atoms with Gasteiger partial charge in [-0.1, -0.05) is 6.07 Å². The summed E-state index contributed by atoms with van der Waals surface area (Å²) in [4.78, 5) is 36.5. The van der Waals surface area contributed by atoms with E-state index < -0.39 is 24.0 Å². The largest absolute Gasteiger partial charge is 0.493 e. The van der Waals surface area contributed by atoms with Gasteiger partial charge >= 0.3 is 12.0 Å². The van der Waals surface area contributed by atoms with E-state index in [0.29, 0.717) is 24.5 Å². The van der Waals surface area contributed by atoms with Crippen LogP contribution in [0.15, 0.2) is 18.2 Å². The zero-order valence-electron chi connectivity index (χ0n) is 14.5. The predicted molar refractivity (Wildman–Crippen MR) is 88.5 cm³/mol. The number of amides is 3. The van der Waals surface area contributed by atoms with Crippen LogP contribution in [0.3, 0.4) is 0 Å². The first-order valence-corrected chi connectivity index (χ1v) is 7.96. The number of ether oxygens (including phenoxy) is 3. The van der Waals surface area contributed by atoms with Crippen LogP contribution in [-0.4, -0.2) is 56.2 Å². The van der Waals surface area contributed by atoms with Crippen molar-refractivity contribution in [1.29, 1.82) is 0 Å². The molecule has 0 radical (unpaired) electrons. The van der Waals surface area contributed by atoms with Crippen molar-refractivity contribution >= 4 is 17.9 Å². The SMILES string of the molecule is COc1ccc(CCC(=O)OC(C)C(=O)N2CCNC2=O)cc1OC. The molecule has 1 N–H and O–H groups in total. The molecule has 0 bridgehead atoms. The molecule has 1 aliphatic rings. The quantitative estimate of drug-likeness (QED) is 0.741. The van der Waals surface area contributed by atoms with Crippen molar-refractivity contribution in [2.45, 2.75) is 25.9 Å². The van der Waals surface area contributed by atoms with Crippen LogP contribution in [0.5, 0.6) is 11.5 Å². The molecule has 136 valence electrons. The second kappa shape index (κ2) is 8.36. The summed E-state index contributed by atoms with van der Waals surface area (Å²) in [6, 6.07) is 4.92. The zero-order chi connectivity index (χ0) is 18.4. The van der Waals surface area contributed by atoms with Gasteiger partial charge in [0.2, 0.25) is 0 Å². The Kier molecular flexibility index (Phi) is 6.21. The standard InChI is InChI=1S/C17H22N2O6/c1-11(16(21)19-9-8-18-17(19)22)25-15(20)7-5-12-4-6-13(23-2)14(10-12)24-3/h4,6,10-11H,5,7-9H2,1-3H3,(H,18,22). The van der Waals surface area contributed by atoms with Gasteiger partial charge in [-0.3, -0.25) is 14.5 Å². The number of carbonyl (C=O) groups is 3. The number of carbonyl (C=O) groups excluding carboxylic acids is 3. The Morgan fingerprint density at radius 1 is 1.24 bits per heavy atom. The molecule has 0 saturated carbocycles. The highest BCUT2D eigenvalue weighted by Crippen LogP contribution is 2.28. The molecule has 1 aliphatic heterocycles. The number of benzene rings is 1. The molecule has 1 atom stereocenters. The molecule has 1 unspecified atom stereocenters. The van der Waals surface area contributed by atoms with Crippen LogP contribution in [0.2, 0.25) is 0 Å². The van der Waals surface area contributed by atoms with Gasteiger partial charge in [-0.25, -0.2) is 4.79 Å². The number of rotatable bonds is 7. The molecule has 8 nitrogen and oxygen atoms in total. The van der Waals surface area contributed by atoms with Crippen LogP contribution in [0.4, 0.5) is 4.79 Å². The van der Waals surface area contributed by atoms with E-state index in [1.165, 1.54) is 14.0 Å². The lowest BCUT2D eigenvalue weighted by Crippen LogP contribution is -2.41. The molecule has 1 aromatic carbocycles. The van der Waals surface area contributed by atoms with Crippen LogP contribution >= 0.6 is 0 Å². The first-order valence-electron chi connectivity index (χ1n) is 7.96. The minimum absolute atomic E-state index is 0.110. The summed E-state index contributed by atoms with van der Waals surface area (Å²) >= 11 is 0. The fourth-order valence-electron chi connectivity index (χ4n) is 2.49. The second-order valence-corrected chi connectivity index (χ2v) is 5.54. The Balaban J connectivity index is 1.86. The van der Waals surface area contributed by atoms with Crippen molar-refractivity contribution in [1.82, 2.24) is 10.2 Å². The lowest BCUT2D eigenvalue weighted by Gasteiger charge is -2.18. The highest BCUT2D eigenvalue weighted by molar-refractivity contribution is 5.98. The Labute approximate surface area is 146 Å². The molecule has 3 amide bonds. The van der Waals surface area contributed by atoms with E-state index in [4.69, 9.17) is 14.2 Å². The summed E-state index contributed by atoms with van der Waals surface area (Å²) < 4.78 is 15.5. The first-order chi connectivity index (χ1) is 12.0. The van der Waals surface area contributed by atoms with E-state index in [9.17, 15) is 14.4 Å². The number of methoxy groups -OCH3 is 2. The molecule has 1 saturated heterocycles. The number of nitrogens with one attached hydrogen (secondary N) is 1. The predicted octanol–water partition coefficient (Wildman–Crippen LogP) is 1.12. The van der Waals surface area contributed by atoms with Gasteiger partial charge in [0.15, 0.2) is 17.6 Å². The fraction of sp³-hybridized carbons (Fsp3) is 0.471. The Bertz CT molecular complexity index is 661. The second-order valence-electron chi connectivity index (χ2n) is 5.54. The summed E-state index contributed by atoms with van der Waals surface area (Å²) in [7, 11) is 3.09. The van der Waals surface area contributed by atoms with Crippen molar-refractivity contribution in [3.63, 3.8) is 0 Å². The average molecular weight is 350 g/mol. The normalized spacial score (nSPS) is 14.7. The first kappa shape index (κ1) is 18.6. The lowest BCUT2D eigenvalue weighted by atomic mass is 10.1. The molecule has 1 heterocycles. The van der Waals surface area contributed by atoms with Crippen molar-refractivity contribution in [2.24, 2.45) is 0 Å². The third-order valence-corrected chi connectivity index (χ3v) is 3.84. The number of imide groups is 1. The Morgan fingerprint density at radius 2 is 1.96 bits per heavy atom. The maximum atomic E-state index is 12.1. The summed E-state index contributed by atoms with van der Waals surface area (Å²) in [6.07, 6.45) is -0.453. The molecule has 0 spiro atoms. The maximum Gasteiger partial charge on any atom is 0.324 e. The molecule has 0 aliphatic carbocycles. The van der Waals surface area contributed by atoms with Crippen LogP contribution in [0.1, 0.15) is 18.9 Å². The molecule has 1 fully saturated rings. The zero-order valence-corrected chi connectivity index (χ0v) is 14.5. The number of aryl methyl sites for hydroxylation is 1. The smallest absolute Gasteiger partial charge is 0.324 e. The van der Waals surface area contributed by atoms with Gasteiger partial charge in [0.05, 0.1) is 14.2 Å². The summed E-state index contributed by atoms with van der Waals surface area (Å²) in [5, 5.41) is 2.53. The van der Waals surface area contributed by atoms with Gasteiger partial charge in [-0.15, -0.1) is 0 Å². The molecular weight excluding hydrogens is 328 g/mol. The number of esters is 1. The molecule has 8 heteroatoms. The van der Waals surface area contributed by atoms with Gasteiger partial charge in [0.25, 0.3) is 5.91 Å².